The Morgan fingerprint density at radius 1 is 1.16 bits per heavy atom. The quantitative estimate of drug-likeness (QED) is 0.513. The number of nitrogens with zero attached hydrogens (tertiary/aromatic N) is 1. The van der Waals surface area contributed by atoms with Crippen LogP contribution in [-0.2, 0) is 36.8 Å². The number of ether oxygens (including phenoxy) is 4. The highest BCUT2D eigenvalue weighted by molar-refractivity contribution is 6.33. The zero-order chi connectivity index (χ0) is 27.0. The van der Waals surface area contributed by atoms with Crippen molar-refractivity contribution in [2.75, 3.05) is 19.8 Å². The molecule has 2 unspecified atom stereocenters. The van der Waals surface area contributed by atoms with E-state index in [4.69, 9.17) is 30.5 Å². The molecule has 3 atom stereocenters. The number of rotatable bonds is 4. The van der Waals surface area contributed by atoms with Gasteiger partial charge < -0.3 is 18.9 Å². The summed E-state index contributed by atoms with van der Waals surface area (Å²) >= 11 is 6.60. The van der Waals surface area contributed by atoms with E-state index in [-0.39, 0.29) is 23.6 Å². The van der Waals surface area contributed by atoms with Crippen molar-refractivity contribution >= 4 is 17.6 Å². The molecule has 0 bridgehead atoms. The number of pyridine rings is 1. The third-order valence-corrected chi connectivity index (χ3v) is 6.49. The van der Waals surface area contributed by atoms with E-state index in [0.717, 1.165) is 4.57 Å². The largest absolute Gasteiger partial charge is 0.458 e. The van der Waals surface area contributed by atoms with Crippen molar-refractivity contribution in [3.63, 3.8) is 0 Å². The van der Waals surface area contributed by atoms with Gasteiger partial charge >= 0.3 is 12.1 Å². The summed E-state index contributed by atoms with van der Waals surface area (Å²) in [5.41, 5.74) is -0.211. The van der Waals surface area contributed by atoms with Gasteiger partial charge in [0, 0.05) is 30.2 Å². The highest BCUT2D eigenvalue weighted by Crippen LogP contribution is 2.38. The summed E-state index contributed by atoms with van der Waals surface area (Å²) in [5, 5.41) is -0.214. The molecule has 0 amide bonds. The molecule has 0 aliphatic carbocycles. The maximum atomic E-state index is 13.7. The van der Waals surface area contributed by atoms with Crippen molar-refractivity contribution < 1.29 is 36.9 Å². The average Bonchev–Trinajstić information content (AvgIpc) is 2.80. The molecule has 11 heteroatoms. The van der Waals surface area contributed by atoms with E-state index in [1.165, 1.54) is 6.20 Å². The van der Waals surface area contributed by atoms with E-state index in [9.17, 15) is 22.8 Å². The van der Waals surface area contributed by atoms with E-state index in [1.54, 1.807) is 45.0 Å². The highest BCUT2D eigenvalue weighted by Gasteiger charge is 2.42. The van der Waals surface area contributed by atoms with Crippen LogP contribution < -0.4 is 5.56 Å². The molecule has 0 radical (unpaired) electrons. The highest BCUT2D eigenvalue weighted by atomic mass is 35.5. The molecule has 2 aliphatic rings. The molecule has 0 N–H and O–H groups in total. The molecule has 1 aromatic heterocycles. The van der Waals surface area contributed by atoms with Crippen molar-refractivity contribution in [3.8, 4) is 11.1 Å². The second-order valence-corrected chi connectivity index (χ2v) is 10.5. The predicted molar refractivity (Wildman–Crippen MR) is 130 cm³/mol. The van der Waals surface area contributed by atoms with Gasteiger partial charge in [-0.25, -0.2) is 4.79 Å². The fourth-order valence-corrected chi connectivity index (χ4v) is 4.82. The molecule has 1 aromatic carbocycles. The molecule has 1 fully saturated rings. The first-order chi connectivity index (χ1) is 17.3. The number of benzene rings is 1. The Bertz CT molecular complexity index is 1200. The number of halogens is 4. The summed E-state index contributed by atoms with van der Waals surface area (Å²) in [6, 6.07) is 5.31. The number of carbonyl (C=O) groups is 1. The minimum Gasteiger partial charge on any atom is -0.458 e. The Hall–Kier alpha value is -2.40. The van der Waals surface area contributed by atoms with Gasteiger partial charge in [-0.2, -0.15) is 13.2 Å². The van der Waals surface area contributed by atoms with Gasteiger partial charge in [0.2, 0.25) is 0 Å². The van der Waals surface area contributed by atoms with Crippen molar-refractivity contribution in [1.82, 2.24) is 4.57 Å². The lowest BCUT2D eigenvalue weighted by molar-refractivity contribution is -0.223. The fraction of sp³-hybridized carbons (Fsp3) is 0.538. The molecule has 37 heavy (non-hydrogen) atoms. The molecule has 202 valence electrons. The van der Waals surface area contributed by atoms with Gasteiger partial charge in [0.25, 0.3) is 5.56 Å². The Morgan fingerprint density at radius 3 is 2.54 bits per heavy atom. The Labute approximate surface area is 217 Å². The summed E-state index contributed by atoms with van der Waals surface area (Å²) < 4.78 is 64.2. The summed E-state index contributed by atoms with van der Waals surface area (Å²) in [6.07, 6.45) is -6.16. The zero-order valence-electron chi connectivity index (χ0n) is 20.8. The lowest BCUT2D eigenvalue weighted by atomic mass is 9.92. The second kappa shape index (κ2) is 10.8. The molecule has 4 rings (SSSR count). The molecule has 3 heterocycles. The predicted octanol–water partition coefficient (Wildman–Crippen LogP) is 4.86. The van der Waals surface area contributed by atoms with Gasteiger partial charge in [0.1, 0.15) is 16.7 Å². The monoisotopic (exact) mass is 543 g/mol. The van der Waals surface area contributed by atoms with Gasteiger partial charge in [-0.15, -0.1) is 0 Å². The van der Waals surface area contributed by atoms with Crippen LogP contribution in [0.3, 0.4) is 0 Å². The third-order valence-electron chi connectivity index (χ3n) is 6.14. The number of esters is 1. The maximum Gasteiger partial charge on any atom is 0.414 e. The Morgan fingerprint density at radius 2 is 1.89 bits per heavy atom. The van der Waals surface area contributed by atoms with E-state index in [1.807, 2.05) is 0 Å². The van der Waals surface area contributed by atoms with Gasteiger partial charge in [0.05, 0.1) is 32.5 Å². The van der Waals surface area contributed by atoms with E-state index >= 15 is 0 Å². The van der Waals surface area contributed by atoms with Crippen LogP contribution in [0.4, 0.5) is 13.2 Å². The van der Waals surface area contributed by atoms with E-state index in [0.29, 0.717) is 29.9 Å². The van der Waals surface area contributed by atoms with Crippen LogP contribution in [0.5, 0.6) is 0 Å². The summed E-state index contributed by atoms with van der Waals surface area (Å²) in [4.78, 5) is 26.8. The van der Waals surface area contributed by atoms with Crippen LogP contribution in [0, 0.1) is 0 Å². The number of aromatic nitrogens is 1. The first-order valence-corrected chi connectivity index (χ1v) is 12.3. The summed E-state index contributed by atoms with van der Waals surface area (Å²) in [6.45, 7) is 5.58. The van der Waals surface area contributed by atoms with Crippen molar-refractivity contribution in [1.29, 1.82) is 0 Å². The minimum atomic E-state index is -4.60. The fourth-order valence-electron chi connectivity index (χ4n) is 4.50. The van der Waals surface area contributed by atoms with E-state index in [2.05, 4.69) is 0 Å². The van der Waals surface area contributed by atoms with Crippen LogP contribution in [0.2, 0.25) is 5.02 Å². The average molecular weight is 544 g/mol. The van der Waals surface area contributed by atoms with Gasteiger partial charge in [-0.05, 0) is 31.9 Å². The van der Waals surface area contributed by atoms with Gasteiger partial charge in [-0.3, -0.25) is 9.36 Å². The number of hydrogen-bond donors (Lipinski definition) is 0. The molecule has 7 nitrogen and oxygen atoms in total. The molecule has 2 aliphatic heterocycles. The van der Waals surface area contributed by atoms with Crippen LogP contribution in [0.15, 0.2) is 35.3 Å². The number of hydrogen-bond acceptors (Lipinski definition) is 6. The number of fused-ring (bicyclic) bond motifs is 3. The molecule has 0 saturated carbocycles. The maximum absolute atomic E-state index is 13.7. The van der Waals surface area contributed by atoms with Gasteiger partial charge in [-0.1, -0.05) is 35.9 Å². The zero-order valence-corrected chi connectivity index (χ0v) is 21.5. The molecular formula is C26H29ClF3NO6. The van der Waals surface area contributed by atoms with Crippen LogP contribution in [0.1, 0.15) is 44.4 Å². The first-order valence-electron chi connectivity index (χ1n) is 12.0. The normalized spacial score (nSPS) is 21.3. The lowest BCUT2D eigenvalue weighted by Crippen LogP contribution is -2.40. The summed E-state index contributed by atoms with van der Waals surface area (Å²) in [7, 11) is 0. The van der Waals surface area contributed by atoms with Crippen LogP contribution in [0.25, 0.3) is 11.1 Å². The van der Waals surface area contributed by atoms with Crippen molar-refractivity contribution in [3.05, 3.63) is 57.0 Å². The summed E-state index contributed by atoms with van der Waals surface area (Å²) in [5.74, 6) is -0.694. The van der Waals surface area contributed by atoms with Gasteiger partial charge in [0.15, 0.2) is 6.10 Å². The molecular weight excluding hydrogens is 515 g/mol. The standard InChI is InChI=1S/C26H29ClF3NO6/c1-25(2,3)37-24(33)19(11-17-14-34-8-9-35-17)31-12-16-13-36-20(26(28,29)30)10-15-6-4-5-7-18(15)21(16)22(27)23(31)32/h4-7,12,17,19-20H,8-11,13-14H2,1-3H3/t17-,19?,20?/m1/s1. The molecule has 2 aromatic rings. The number of carbonyl (C=O) groups excluding carboxylic acids is 1. The minimum absolute atomic E-state index is 0.0482. The van der Waals surface area contributed by atoms with Crippen LogP contribution >= 0.6 is 11.6 Å². The van der Waals surface area contributed by atoms with Crippen molar-refractivity contribution in [2.24, 2.45) is 0 Å². The lowest BCUT2D eigenvalue weighted by Gasteiger charge is -2.31. The first kappa shape index (κ1) is 27.6. The van der Waals surface area contributed by atoms with Crippen molar-refractivity contribution in [2.45, 2.75) is 70.2 Å². The second-order valence-electron chi connectivity index (χ2n) is 10.1. The smallest absolute Gasteiger partial charge is 0.414 e. The third kappa shape index (κ3) is 6.37. The Balaban J connectivity index is 1.84. The topological polar surface area (TPSA) is 76.0 Å². The SMILES string of the molecule is CC(C)(C)OC(=O)C(C[C@@H]1COCCO1)n1cc2c(c(Cl)c1=O)-c1ccccc1CC(C(F)(F)F)OC2. The van der Waals surface area contributed by atoms with E-state index < -0.39 is 54.6 Å². The number of alkyl halides is 3. The Kier molecular flexibility index (Phi) is 8.04. The van der Waals surface area contributed by atoms with Crippen LogP contribution in [-0.4, -0.2) is 54.3 Å². The molecule has 0 spiro atoms. The molecule has 1 saturated heterocycles.